The maximum Gasteiger partial charge on any atom is 0.308 e. The summed E-state index contributed by atoms with van der Waals surface area (Å²) in [5, 5.41) is -1.07. The number of halogens is 1. The Morgan fingerprint density at radius 2 is 2.06 bits per heavy atom. The molecule has 1 unspecified atom stereocenters. The second kappa shape index (κ2) is 4.70. The van der Waals surface area contributed by atoms with Crippen molar-refractivity contribution in [2.75, 3.05) is 0 Å². The van der Waals surface area contributed by atoms with E-state index in [1.54, 1.807) is 12.1 Å². The van der Waals surface area contributed by atoms with Crippen molar-refractivity contribution >= 4 is 40.5 Å². The van der Waals surface area contributed by atoms with Crippen molar-refractivity contribution in [1.29, 1.82) is 0 Å². The third-order valence-corrected chi connectivity index (χ3v) is 2.63. The first-order valence-electron chi connectivity index (χ1n) is 5.10. The lowest BCUT2D eigenvalue weighted by Crippen LogP contribution is -2.18. The average molecular weight is 266 g/mol. The topological polar surface area (TPSA) is 72.8 Å². The van der Waals surface area contributed by atoms with E-state index in [1.165, 1.54) is 19.2 Å². The molecule has 5 nitrogen and oxygen atoms in total. The molecule has 1 aromatic rings. The number of benzene rings is 1. The molecule has 0 saturated heterocycles. The maximum atomic E-state index is 11.6. The van der Waals surface area contributed by atoms with Gasteiger partial charge in [-0.05, 0) is 23.7 Å². The number of aliphatic imine (C=N–C) groups is 1. The van der Waals surface area contributed by atoms with Crippen LogP contribution in [0, 0.1) is 0 Å². The fourth-order valence-electron chi connectivity index (χ4n) is 1.75. The van der Waals surface area contributed by atoms with E-state index in [1.807, 2.05) is 0 Å². The SMILES string of the molecule is CC(=O)Oc1cccc2c1C(C(=O)C(=O)Cl)C=N2. The Hall–Kier alpha value is -2.01. The third-order valence-electron chi connectivity index (χ3n) is 2.45. The van der Waals surface area contributed by atoms with E-state index in [9.17, 15) is 14.4 Å². The van der Waals surface area contributed by atoms with Gasteiger partial charge in [-0.1, -0.05) is 6.07 Å². The van der Waals surface area contributed by atoms with Gasteiger partial charge in [0.1, 0.15) is 5.75 Å². The number of hydrogen-bond donors (Lipinski definition) is 0. The number of esters is 1. The Balaban J connectivity index is 2.46. The van der Waals surface area contributed by atoms with Crippen LogP contribution in [0.25, 0.3) is 0 Å². The van der Waals surface area contributed by atoms with Gasteiger partial charge in [-0.3, -0.25) is 19.4 Å². The second-order valence-electron chi connectivity index (χ2n) is 3.68. The molecule has 0 fully saturated rings. The van der Waals surface area contributed by atoms with Gasteiger partial charge in [0, 0.05) is 18.7 Å². The van der Waals surface area contributed by atoms with E-state index in [0.717, 1.165) is 0 Å². The Morgan fingerprint density at radius 3 is 2.67 bits per heavy atom. The number of rotatable bonds is 3. The minimum Gasteiger partial charge on any atom is -0.426 e. The first kappa shape index (κ1) is 12.4. The number of ketones is 1. The molecule has 0 aliphatic carbocycles. The van der Waals surface area contributed by atoms with Crippen molar-refractivity contribution in [3.05, 3.63) is 23.8 Å². The van der Waals surface area contributed by atoms with Crippen LogP contribution in [0.4, 0.5) is 5.69 Å². The molecule has 0 spiro atoms. The normalized spacial score (nSPS) is 16.2. The Bertz CT molecular complexity index is 579. The summed E-state index contributed by atoms with van der Waals surface area (Å²) in [5.74, 6) is -1.98. The highest BCUT2D eigenvalue weighted by atomic mass is 35.5. The minimum atomic E-state index is -1.07. The van der Waals surface area contributed by atoms with E-state index >= 15 is 0 Å². The van der Waals surface area contributed by atoms with Crippen LogP contribution in [-0.4, -0.2) is 23.2 Å². The summed E-state index contributed by atoms with van der Waals surface area (Å²) in [6.45, 7) is 1.25. The lowest BCUT2D eigenvalue weighted by molar-refractivity contribution is -0.132. The van der Waals surface area contributed by atoms with E-state index in [2.05, 4.69) is 4.99 Å². The van der Waals surface area contributed by atoms with Gasteiger partial charge >= 0.3 is 5.97 Å². The molecule has 18 heavy (non-hydrogen) atoms. The van der Waals surface area contributed by atoms with Gasteiger partial charge < -0.3 is 4.74 Å². The molecule has 0 aromatic heterocycles. The molecule has 2 rings (SSSR count). The van der Waals surface area contributed by atoms with Crippen molar-refractivity contribution in [3.63, 3.8) is 0 Å². The molecular formula is C12H8ClNO4. The number of fused-ring (bicyclic) bond motifs is 1. The maximum absolute atomic E-state index is 11.6. The average Bonchev–Trinajstić information content (AvgIpc) is 2.72. The number of nitrogens with zero attached hydrogens (tertiary/aromatic N) is 1. The first-order valence-corrected chi connectivity index (χ1v) is 5.47. The van der Waals surface area contributed by atoms with Gasteiger partial charge in [0.15, 0.2) is 0 Å². The predicted octanol–water partition coefficient (Wildman–Crippen LogP) is 1.75. The summed E-state index contributed by atoms with van der Waals surface area (Å²) in [6.07, 6.45) is 1.32. The van der Waals surface area contributed by atoms with Crippen LogP contribution in [0.2, 0.25) is 0 Å². The number of ether oxygens (including phenoxy) is 1. The van der Waals surface area contributed by atoms with Crippen molar-refractivity contribution in [2.24, 2.45) is 4.99 Å². The zero-order valence-corrected chi connectivity index (χ0v) is 10.1. The van der Waals surface area contributed by atoms with Gasteiger partial charge in [-0.15, -0.1) is 0 Å². The summed E-state index contributed by atoms with van der Waals surface area (Å²) in [7, 11) is 0. The van der Waals surface area contributed by atoms with Crippen LogP contribution in [0.1, 0.15) is 18.4 Å². The monoisotopic (exact) mass is 265 g/mol. The molecule has 92 valence electrons. The summed E-state index contributed by atoms with van der Waals surface area (Å²) >= 11 is 5.18. The highest BCUT2D eigenvalue weighted by Crippen LogP contribution is 2.39. The van der Waals surface area contributed by atoms with Crippen LogP contribution in [0.3, 0.4) is 0 Å². The van der Waals surface area contributed by atoms with Crippen LogP contribution in [0.15, 0.2) is 23.2 Å². The number of Topliss-reactive ketones (excluding diaryl/α,β-unsaturated/α-hetero) is 1. The number of hydrogen-bond acceptors (Lipinski definition) is 5. The van der Waals surface area contributed by atoms with E-state index < -0.39 is 22.9 Å². The summed E-state index contributed by atoms with van der Waals surface area (Å²) in [6, 6.07) is 4.84. The van der Waals surface area contributed by atoms with E-state index in [-0.39, 0.29) is 5.75 Å². The van der Waals surface area contributed by atoms with Crippen LogP contribution < -0.4 is 4.74 Å². The Morgan fingerprint density at radius 1 is 1.33 bits per heavy atom. The summed E-state index contributed by atoms with van der Waals surface area (Å²) < 4.78 is 4.99. The second-order valence-corrected chi connectivity index (χ2v) is 4.02. The Labute approximate surface area is 107 Å². The molecule has 1 aromatic carbocycles. The van der Waals surface area contributed by atoms with Crippen LogP contribution in [0.5, 0.6) is 5.75 Å². The van der Waals surface area contributed by atoms with Gasteiger partial charge in [-0.2, -0.15) is 0 Å². The lowest BCUT2D eigenvalue weighted by Gasteiger charge is -2.11. The molecule has 0 bridgehead atoms. The first-order chi connectivity index (χ1) is 8.50. The number of carbonyl (C=O) groups is 3. The smallest absolute Gasteiger partial charge is 0.308 e. The zero-order valence-electron chi connectivity index (χ0n) is 9.34. The van der Waals surface area contributed by atoms with Crippen molar-refractivity contribution in [1.82, 2.24) is 0 Å². The predicted molar refractivity (Wildman–Crippen MR) is 64.5 cm³/mol. The summed E-state index contributed by atoms with van der Waals surface area (Å²) in [4.78, 5) is 37.5. The third kappa shape index (κ3) is 2.17. The molecule has 1 aliphatic rings. The van der Waals surface area contributed by atoms with Gasteiger partial charge in [0.05, 0.1) is 11.6 Å². The minimum absolute atomic E-state index is 0.216. The van der Waals surface area contributed by atoms with Gasteiger partial charge in [0.2, 0.25) is 5.78 Å². The van der Waals surface area contributed by atoms with Crippen molar-refractivity contribution in [3.8, 4) is 5.75 Å². The van der Waals surface area contributed by atoms with Gasteiger partial charge in [0.25, 0.3) is 5.24 Å². The number of carbonyl (C=O) groups excluding carboxylic acids is 3. The fraction of sp³-hybridized carbons (Fsp3) is 0.167. The largest absolute Gasteiger partial charge is 0.426 e. The lowest BCUT2D eigenvalue weighted by atomic mass is 9.96. The molecule has 0 N–H and O–H groups in total. The molecule has 1 heterocycles. The molecule has 0 amide bonds. The summed E-state index contributed by atoms with van der Waals surface area (Å²) in [5.41, 5.74) is 0.886. The van der Waals surface area contributed by atoms with Crippen molar-refractivity contribution in [2.45, 2.75) is 12.8 Å². The van der Waals surface area contributed by atoms with Crippen molar-refractivity contribution < 1.29 is 19.1 Å². The molecule has 1 aliphatic heterocycles. The quantitative estimate of drug-likeness (QED) is 0.361. The molecule has 1 atom stereocenters. The van der Waals surface area contributed by atoms with Crippen LogP contribution >= 0.6 is 11.6 Å². The zero-order chi connectivity index (χ0) is 13.3. The highest BCUT2D eigenvalue weighted by Gasteiger charge is 2.32. The molecular weight excluding hydrogens is 258 g/mol. The van der Waals surface area contributed by atoms with Crippen LogP contribution in [-0.2, 0) is 14.4 Å². The molecule has 0 saturated carbocycles. The Kier molecular flexibility index (Phi) is 3.25. The standard InChI is InChI=1S/C12H8ClNO4/c1-6(15)18-9-4-2-3-8-10(9)7(5-14-8)11(16)12(13)17/h2-5,7H,1H3. The van der Waals surface area contributed by atoms with E-state index in [0.29, 0.717) is 11.3 Å². The molecule has 6 heteroatoms. The van der Waals surface area contributed by atoms with Gasteiger partial charge in [-0.25, -0.2) is 0 Å². The highest BCUT2D eigenvalue weighted by molar-refractivity contribution is 6.82. The molecule has 0 radical (unpaired) electrons. The fourth-order valence-corrected chi connectivity index (χ4v) is 1.87. The van der Waals surface area contributed by atoms with E-state index in [4.69, 9.17) is 16.3 Å².